The van der Waals surface area contributed by atoms with Crippen molar-refractivity contribution in [3.8, 4) is 0 Å². The first-order valence-electron chi connectivity index (χ1n) is 9.32. The first-order chi connectivity index (χ1) is 12.8. The third-order valence-corrected chi connectivity index (χ3v) is 6.05. The van der Waals surface area contributed by atoms with Crippen LogP contribution in [0.4, 0.5) is 0 Å². The van der Waals surface area contributed by atoms with E-state index in [1.807, 2.05) is 34.7 Å². The Morgan fingerprint density at radius 3 is 3.04 bits per heavy atom. The van der Waals surface area contributed by atoms with E-state index in [4.69, 9.17) is 9.47 Å². The van der Waals surface area contributed by atoms with Crippen LogP contribution in [0.25, 0.3) is 0 Å². The van der Waals surface area contributed by atoms with Gasteiger partial charge in [-0.3, -0.25) is 9.48 Å². The Kier molecular flexibility index (Phi) is 5.67. The molecule has 4 rings (SSSR count). The van der Waals surface area contributed by atoms with Crippen LogP contribution in [-0.4, -0.2) is 53.6 Å². The molecule has 140 valence electrons. The molecule has 2 aliphatic rings. The van der Waals surface area contributed by atoms with Gasteiger partial charge in [0.05, 0.1) is 23.2 Å². The number of aromatic nitrogens is 2. The van der Waals surface area contributed by atoms with Crippen LogP contribution in [0.3, 0.4) is 0 Å². The highest BCUT2D eigenvalue weighted by Gasteiger charge is 2.29. The zero-order valence-corrected chi connectivity index (χ0v) is 15.7. The number of carbonyl (C=O) groups excluding carboxylic acids is 1. The van der Waals surface area contributed by atoms with Gasteiger partial charge < -0.3 is 14.4 Å². The van der Waals surface area contributed by atoms with Gasteiger partial charge in [0.1, 0.15) is 0 Å². The molecular weight excluding hydrogens is 350 g/mol. The number of ether oxygens (including phenoxy) is 2. The third-order valence-electron chi connectivity index (χ3n) is 5.19. The maximum atomic E-state index is 12.7. The van der Waals surface area contributed by atoms with Gasteiger partial charge in [-0.1, -0.05) is 6.07 Å². The van der Waals surface area contributed by atoms with Gasteiger partial charge in [0, 0.05) is 39.2 Å². The maximum absolute atomic E-state index is 12.7. The average Bonchev–Trinajstić information content (AvgIpc) is 3.37. The van der Waals surface area contributed by atoms with Crippen molar-refractivity contribution in [2.24, 2.45) is 5.92 Å². The normalized spacial score (nSPS) is 20.9. The quantitative estimate of drug-likeness (QED) is 0.729. The van der Waals surface area contributed by atoms with Gasteiger partial charge in [0.15, 0.2) is 0 Å². The van der Waals surface area contributed by atoms with E-state index >= 15 is 0 Å². The topological polar surface area (TPSA) is 56.6 Å². The van der Waals surface area contributed by atoms with Crippen molar-refractivity contribution in [3.63, 3.8) is 0 Å². The van der Waals surface area contributed by atoms with E-state index in [2.05, 4.69) is 9.78 Å². The van der Waals surface area contributed by atoms with Crippen molar-refractivity contribution < 1.29 is 14.3 Å². The summed E-state index contributed by atoms with van der Waals surface area (Å²) in [7, 11) is 0. The summed E-state index contributed by atoms with van der Waals surface area (Å²) in [6, 6.07) is 6.00. The average molecular weight is 375 g/mol. The molecule has 26 heavy (non-hydrogen) atoms. The molecule has 0 aromatic carbocycles. The summed E-state index contributed by atoms with van der Waals surface area (Å²) in [4.78, 5) is 15.5. The van der Waals surface area contributed by atoms with E-state index in [0.29, 0.717) is 25.6 Å². The monoisotopic (exact) mass is 375 g/mol. The lowest BCUT2D eigenvalue weighted by Gasteiger charge is -2.34. The number of hydrogen-bond donors (Lipinski definition) is 0. The van der Waals surface area contributed by atoms with E-state index in [1.54, 1.807) is 0 Å². The van der Waals surface area contributed by atoms with Crippen LogP contribution < -0.4 is 0 Å². The second-order valence-corrected chi connectivity index (χ2v) is 7.95. The summed E-state index contributed by atoms with van der Waals surface area (Å²) >= 11 is 1.50. The summed E-state index contributed by atoms with van der Waals surface area (Å²) in [5.41, 5.74) is 1.09. The molecule has 0 saturated carbocycles. The molecule has 0 N–H and O–H groups in total. The SMILES string of the molecule is O=C(c1cccs1)N1Cc2ccnn2[C@H](CCOCC2CCOCC2)C1. The highest BCUT2D eigenvalue weighted by molar-refractivity contribution is 7.12. The number of thiophene rings is 1. The molecule has 1 atom stereocenters. The van der Waals surface area contributed by atoms with Crippen molar-refractivity contribution in [2.75, 3.05) is 33.0 Å². The van der Waals surface area contributed by atoms with Gasteiger partial charge >= 0.3 is 0 Å². The summed E-state index contributed by atoms with van der Waals surface area (Å²) in [6.07, 6.45) is 4.88. The van der Waals surface area contributed by atoms with E-state index in [9.17, 15) is 4.79 Å². The molecule has 4 heterocycles. The highest BCUT2D eigenvalue weighted by Crippen LogP contribution is 2.25. The molecule has 1 amide bonds. The van der Waals surface area contributed by atoms with E-state index in [-0.39, 0.29) is 11.9 Å². The fourth-order valence-corrected chi connectivity index (χ4v) is 4.39. The number of hydrogen-bond acceptors (Lipinski definition) is 5. The van der Waals surface area contributed by atoms with Crippen molar-refractivity contribution in [1.82, 2.24) is 14.7 Å². The number of carbonyl (C=O) groups is 1. The minimum absolute atomic E-state index is 0.112. The molecule has 0 aliphatic carbocycles. The minimum atomic E-state index is 0.112. The lowest BCUT2D eigenvalue weighted by molar-refractivity contribution is 0.0156. The van der Waals surface area contributed by atoms with E-state index < -0.39 is 0 Å². The standard InChI is InChI=1S/C19H25N3O3S/c23-19(18-2-1-11-26-18)21-12-16-3-7-20-22(16)17(13-21)6-10-25-14-15-4-8-24-9-5-15/h1-3,7,11,15,17H,4-6,8-10,12-14H2/t17-/m1/s1. The smallest absolute Gasteiger partial charge is 0.264 e. The molecule has 6 nitrogen and oxygen atoms in total. The lowest BCUT2D eigenvalue weighted by atomic mass is 10.0. The van der Waals surface area contributed by atoms with Gasteiger partial charge in [-0.05, 0) is 42.7 Å². The Labute approximate surface area is 157 Å². The van der Waals surface area contributed by atoms with Crippen LogP contribution in [0.15, 0.2) is 29.8 Å². The Balaban J connectivity index is 1.33. The molecule has 0 radical (unpaired) electrons. The Morgan fingerprint density at radius 1 is 1.35 bits per heavy atom. The number of amides is 1. The summed E-state index contributed by atoms with van der Waals surface area (Å²) in [5, 5.41) is 6.42. The molecule has 7 heteroatoms. The Morgan fingerprint density at radius 2 is 2.23 bits per heavy atom. The molecule has 2 aliphatic heterocycles. The second kappa shape index (κ2) is 8.33. The van der Waals surface area contributed by atoms with Gasteiger partial charge in [-0.15, -0.1) is 11.3 Å². The molecule has 2 aromatic heterocycles. The Hall–Kier alpha value is -1.70. The van der Waals surface area contributed by atoms with Crippen LogP contribution in [-0.2, 0) is 16.0 Å². The van der Waals surface area contributed by atoms with Gasteiger partial charge in [0.25, 0.3) is 5.91 Å². The van der Waals surface area contributed by atoms with Gasteiger partial charge in [0.2, 0.25) is 0 Å². The fourth-order valence-electron chi connectivity index (χ4n) is 3.69. The zero-order valence-electron chi connectivity index (χ0n) is 14.9. The Bertz CT molecular complexity index is 709. The summed E-state index contributed by atoms with van der Waals surface area (Å²) < 4.78 is 13.4. The van der Waals surface area contributed by atoms with Crippen molar-refractivity contribution >= 4 is 17.2 Å². The first-order valence-corrected chi connectivity index (χ1v) is 10.2. The van der Waals surface area contributed by atoms with Crippen molar-refractivity contribution in [2.45, 2.75) is 31.8 Å². The molecule has 1 fully saturated rings. The maximum Gasteiger partial charge on any atom is 0.264 e. The van der Waals surface area contributed by atoms with Crippen LogP contribution >= 0.6 is 11.3 Å². The molecule has 0 bridgehead atoms. The van der Waals surface area contributed by atoms with Gasteiger partial charge in [-0.25, -0.2) is 0 Å². The molecule has 2 aromatic rings. The van der Waals surface area contributed by atoms with Crippen molar-refractivity contribution in [3.05, 3.63) is 40.3 Å². The fraction of sp³-hybridized carbons (Fsp3) is 0.579. The number of rotatable bonds is 6. The lowest BCUT2D eigenvalue weighted by Crippen LogP contribution is -2.41. The van der Waals surface area contributed by atoms with Crippen LogP contribution in [0.5, 0.6) is 0 Å². The summed E-state index contributed by atoms with van der Waals surface area (Å²) in [6.45, 7) is 4.52. The molecular formula is C19H25N3O3S. The van der Waals surface area contributed by atoms with Crippen molar-refractivity contribution in [1.29, 1.82) is 0 Å². The number of nitrogens with zero attached hydrogens (tertiary/aromatic N) is 3. The van der Waals surface area contributed by atoms with E-state index in [0.717, 1.165) is 49.7 Å². The number of fused-ring (bicyclic) bond motifs is 1. The summed E-state index contributed by atoms with van der Waals surface area (Å²) in [5.74, 6) is 0.729. The highest BCUT2D eigenvalue weighted by atomic mass is 32.1. The van der Waals surface area contributed by atoms with Crippen LogP contribution in [0.2, 0.25) is 0 Å². The largest absolute Gasteiger partial charge is 0.381 e. The van der Waals surface area contributed by atoms with Gasteiger partial charge in [-0.2, -0.15) is 5.10 Å². The predicted molar refractivity (Wildman–Crippen MR) is 99.3 cm³/mol. The van der Waals surface area contributed by atoms with E-state index in [1.165, 1.54) is 11.3 Å². The molecule has 0 unspecified atom stereocenters. The molecule has 0 spiro atoms. The van der Waals surface area contributed by atoms with Crippen LogP contribution in [0, 0.1) is 5.92 Å². The zero-order chi connectivity index (χ0) is 17.8. The molecule has 1 saturated heterocycles. The predicted octanol–water partition coefficient (Wildman–Crippen LogP) is 2.98. The first kappa shape index (κ1) is 17.7. The third kappa shape index (κ3) is 4.00. The second-order valence-electron chi connectivity index (χ2n) is 7.00. The minimum Gasteiger partial charge on any atom is -0.381 e. The van der Waals surface area contributed by atoms with Crippen LogP contribution in [0.1, 0.15) is 40.7 Å².